The lowest BCUT2D eigenvalue weighted by molar-refractivity contribution is -0.131. The number of esters is 1. The minimum absolute atomic E-state index is 0.0615. The number of rotatable bonds is 5. The maximum Gasteiger partial charge on any atom is 0.336 e. The van der Waals surface area contributed by atoms with Crippen molar-refractivity contribution < 1.29 is 22.4 Å². The van der Waals surface area contributed by atoms with E-state index in [4.69, 9.17) is 9.15 Å². The molecule has 29 heavy (non-hydrogen) atoms. The van der Waals surface area contributed by atoms with E-state index in [1.54, 1.807) is 18.2 Å². The van der Waals surface area contributed by atoms with Crippen LogP contribution in [0.2, 0.25) is 0 Å². The Labute approximate surface area is 174 Å². The lowest BCUT2D eigenvalue weighted by atomic mass is 10.1. The topological polar surface area (TPSA) is 115 Å². The van der Waals surface area contributed by atoms with Crippen LogP contribution < -0.4 is 15.2 Å². The fourth-order valence-electron chi connectivity index (χ4n) is 2.46. The van der Waals surface area contributed by atoms with E-state index in [1.165, 1.54) is 37.4 Å². The van der Waals surface area contributed by atoms with Gasteiger partial charge in [0.15, 0.2) is 0 Å². The molecule has 0 fully saturated rings. The average molecular weight is 479 g/mol. The Bertz CT molecular complexity index is 1280. The van der Waals surface area contributed by atoms with Crippen LogP contribution in [-0.2, 0) is 14.8 Å². The number of halogens is 1. The number of carbonyl (C=O) groups excluding carboxylic acids is 1. The summed E-state index contributed by atoms with van der Waals surface area (Å²) in [5.74, 6) is -0.349. The summed E-state index contributed by atoms with van der Waals surface area (Å²) < 4.78 is 35.2. The molecule has 0 unspecified atom stereocenters. The highest BCUT2D eigenvalue weighted by Crippen LogP contribution is 2.31. The zero-order chi connectivity index (χ0) is 21.2. The molecule has 0 atom stereocenters. The standard InChI is InChI=1S/C19H15BrN2O6S/c1-11-3-5-14(6-4-11)29(25,26)22-21-10-13-7-19(24)28-17-9-18(27-12(2)23)16(20)8-15(13)17/h3-10,22H,1-2H3/b21-10-. The largest absolute Gasteiger partial charge is 0.425 e. The molecule has 0 aliphatic heterocycles. The molecular weight excluding hydrogens is 464 g/mol. The molecular formula is C19H15BrN2O6S. The fourth-order valence-corrected chi connectivity index (χ4v) is 3.68. The number of sulfonamides is 1. The van der Waals surface area contributed by atoms with E-state index >= 15 is 0 Å². The number of nitrogens with one attached hydrogen (secondary N) is 1. The van der Waals surface area contributed by atoms with Crippen LogP contribution in [0.4, 0.5) is 0 Å². The third-order valence-electron chi connectivity index (χ3n) is 3.79. The van der Waals surface area contributed by atoms with Gasteiger partial charge in [-0.15, -0.1) is 0 Å². The second kappa shape index (κ2) is 8.18. The molecule has 0 amide bonds. The second-order valence-corrected chi connectivity index (χ2v) is 8.57. The van der Waals surface area contributed by atoms with E-state index in [0.717, 1.165) is 5.56 Å². The normalized spacial score (nSPS) is 11.7. The van der Waals surface area contributed by atoms with Crippen molar-refractivity contribution in [1.29, 1.82) is 0 Å². The number of hydrogen-bond donors (Lipinski definition) is 1. The molecule has 0 bridgehead atoms. The van der Waals surface area contributed by atoms with E-state index < -0.39 is 21.6 Å². The van der Waals surface area contributed by atoms with Crippen molar-refractivity contribution in [1.82, 2.24) is 4.83 Å². The van der Waals surface area contributed by atoms with Crippen LogP contribution in [0.3, 0.4) is 0 Å². The van der Waals surface area contributed by atoms with Gasteiger partial charge in [-0.3, -0.25) is 4.79 Å². The number of nitrogens with zero attached hydrogens (tertiary/aromatic N) is 1. The molecule has 1 heterocycles. The molecule has 2 aromatic carbocycles. The molecule has 8 nitrogen and oxygen atoms in total. The van der Waals surface area contributed by atoms with Crippen molar-refractivity contribution in [3.63, 3.8) is 0 Å². The smallest absolute Gasteiger partial charge is 0.336 e. The molecule has 0 spiro atoms. The van der Waals surface area contributed by atoms with Crippen LogP contribution in [0.15, 0.2) is 66.1 Å². The highest BCUT2D eigenvalue weighted by molar-refractivity contribution is 9.10. The van der Waals surface area contributed by atoms with E-state index in [9.17, 15) is 18.0 Å². The predicted octanol–water partition coefficient (Wildman–Crippen LogP) is 3.10. The Hall–Kier alpha value is -2.98. The van der Waals surface area contributed by atoms with Gasteiger partial charge in [-0.2, -0.15) is 13.5 Å². The first-order chi connectivity index (χ1) is 13.7. The number of benzene rings is 2. The van der Waals surface area contributed by atoms with Crippen molar-refractivity contribution in [2.75, 3.05) is 0 Å². The average Bonchev–Trinajstić information content (AvgIpc) is 2.63. The van der Waals surface area contributed by atoms with Crippen LogP contribution in [0.1, 0.15) is 18.1 Å². The number of ether oxygens (including phenoxy) is 1. The summed E-state index contributed by atoms with van der Waals surface area (Å²) in [6.45, 7) is 3.09. The summed E-state index contributed by atoms with van der Waals surface area (Å²) in [6.07, 6.45) is 1.20. The fraction of sp³-hybridized carbons (Fsp3) is 0.105. The first kappa shape index (κ1) is 20.7. The van der Waals surface area contributed by atoms with Gasteiger partial charge in [0.05, 0.1) is 15.6 Å². The minimum atomic E-state index is -3.86. The van der Waals surface area contributed by atoms with Gasteiger partial charge < -0.3 is 9.15 Å². The monoisotopic (exact) mass is 478 g/mol. The zero-order valence-corrected chi connectivity index (χ0v) is 17.7. The quantitative estimate of drug-likeness (QED) is 0.198. The molecule has 10 heteroatoms. The Morgan fingerprint density at radius 3 is 2.55 bits per heavy atom. The molecule has 0 saturated heterocycles. The van der Waals surface area contributed by atoms with Gasteiger partial charge >= 0.3 is 11.6 Å². The second-order valence-electron chi connectivity index (χ2n) is 6.06. The molecule has 0 saturated carbocycles. The molecule has 1 aromatic heterocycles. The maximum absolute atomic E-state index is 12.3. The predicted molar refractivity (Wildman–Crippen MR) is 111 cm³/mol. The molecule has 0 aliphatic carbocycles. The number of hydrogen-bond acceptors (Lipinski definition) is 7. The van der Waals surface area contributed by atoms with Crippen LogP contribution >= 0.6 is 15.9 Å². The van der Waals surface area contributed by atoms with Gasteiger partial charge in [0.2, 0.25) is 0 Å². The van der Waals surface area contributed by atoms with E-state index in [0.29, 0.717) is 15.4 Å². The Balaban J connectivity index is 1.95. The molecule has 0 aliphatic rings. The van der Waals surface area contributed by atoms with Gasteiger partial charge in [0.1, 0.15) is 11.3 Å². The first-order valence-electron chi connectivity index (χ1n) is 8.23. The third-order valence-corrected chi connectivity index (χ3v) is 5.65. The SMILES string of the molecule is CC(=O)Oc1cc2oc(=O)cc(/C=N\NS(=O)(=O)c3ccc(C)cc3)c2cc1Br. The molecule has 0 radical (unpaired) electrons. The number of aryl methyl sites for hydroxylation is 1. The van der Waals surface area contributed by atoms with Gasteiger partial charge in [-0.05, 0) is 41.1 Å². The highest BCUT2D eigenvalue weighted by atomic mass is 79.9. The van der Waals surface area contributed by atoms with Crippen molar-refractivity contribution in [2.24, 2.45) is 5.10 Å². The van der Waals surface area contributed by atoms with Crippen LogP contribution in [0.25, 0.3) is 11.0 Å². The van der Waals surface area contributed by atoms with Gasteiger partial charge in [-0.1, -0.05) is 17.7 Å². The summed E-state index contributed by atoms with van der Waals surface area (Å²) in [4.78, 5) is 25.2. The number of hydrazone groups is 1. The Kier molecular flexibility index (Phi) is 5.85. The maximum atomic E-state index is 12.3. The lowest BCUT2D eigenvalue weighted by Gasteiger charge is -2.07. The lowest BCUT2D eigenvalue weighted by Crippen LogP contribution is -2.18. The van der Waals surface area contributed by atoms with Crippen molar-refractivity contribution in [3.8, 4) is 5.75 Å². The van der Waals surface area contributed by atoms with Crippen LogP contribution in [0.5, 0.6) is 5.75 Å². The van der Waals surface area contributed by atoms with Gasteiger partial charge in [-0.25, -0.2) is 9.63 Å². The number of fused-ring (bicyclic) bond motifs is 1. The summed E-state index contributed by atoms with van der Waals surface area (Å²) in [7, 11) is -3.86. The number of carbonyl (C=O) groups is 1. The highest BCUT2D eigenvalue weighted by Gasteiger charge is 2.13. The van der Waals surface area contributed by atoms with Crippen LogP contribution in [-0.4, -0.2) is 20.6 Å². The van der Waals surface area contributed by atoms with E-state index in [1.807, 2.05) is 6.92 Å². The van der Waals surface area contributed by atoms with Crippen molar-refractivity contribution >= 4 is 49.1 Å². The summed E-state index contributed by atoms with van der Waals surface area (Å²) >= 11 is 3.28. The van der Waals surface area contributed by atoms with Crippen LogP contribution in [0, 0.1) is 6.92 Å². The molecule has 3 aromatic rings. The van der Waals surface area contributed by atoms with E-state index in [2.05, 4.69) is 25.9 Å². The Morgan fingerprint density at radius 2 is 1.90 bits per heavy atom. The van der Waals surface area contributed by atoms with Gasteiger partial charge in [0.25, 0.3) is 10.0 Å². The summed E-state index contributed by atoms with van der Waals surface area (Å²) in [5, 5.41) is 4.22. The van der Waals surface area contributed by atoms with Crippen molar-refractivity contribution in [2.45, 2.75) is 18.7 Å². The molecule has 150 valence electrons. The third kappa shape index (κ3) is 4.90. The first-order valence-corrected chi connectivity index (χ1v) is 10.5. The summed E-state index contributed by atoms with van der Waals surface area (Å²) in [5.41, 5.74) is 0.725. The summed E-state index contributed by atoms with van der Waals surface area (Å²) in [6, 6.07) is 10.4. The van der Waals surface area contributed by atoms with Gasteiger partial charge in [0, 0.05) is 30.0 Å². The molecule has 1 N–H and O–H groups in total. The molecule has 3 rings (SSSR count). The van der Waals surface area contributed by atoms with E-state index in [-0.39, 0.29) is 16.2 Å². The zero-order valence-electron chi connectivity index (χ0n) is 15.3. The minimum Gasteiger partial charge on any atom is -0.425 e. The Morgan fingerprint density at radius 1 is 1.21 bits per heavy atom. The van der Waals surface area contributed by atoms with Crippen molar-refractivity contribution in [3.05, 3.63) is 68.5 Å².